The first-order chi connectivity index (χ1) is 9.22. The van der Waals surface area contributed by atoms with Crippen LogP contribution in [0.1, 0.15) is 36.5 Å². The zero-order valence-electron chi connectivity index (χ0n) is 10.8. The van der Waals surface area contributed by atoms with E-state index in [9.17, 15) is 9.59 Å². The molecule has 2 heterocycles. The van der Waals surface area contributed by atoms with Crippen molar-refractivity contribution in [1.29, 1.82) is 0 Å². The van der Waals surface area contributed by atoms with E-state index in [-0.39, 0.29) is 5.56 Å². The molecule has 0 saturated heterocycles. The van der Waals surface area contributed by atoms with Gasteiger partial charge in [-0.1, -0.05) is 19.8 Å². The molecule has 2 aromatic heterocycles. The van der Waals surface area contributed by atoms with Crippen LogP contribution < -0.4 is 5.56 Å². The van der Waals surface area contributed by atoms with Crippen LogP contribution in [0.15, 0.2) is 29.2 Å². The van der Waals surface area contributed by atoms with Gasteiger partial charge in [-0.05, 0) is 24.6 Å². The Bertz CT molecular complexity index is 634. The average molecular weight is 260 g/mol. The summed E-state index contributed by atoms with van der Waals surface area (Å²) in [7, 11) is 0. The van der Waals surface area contributed by atoms with E-state index < -0.39 is 11.5 Å². The van der Waals surface area contributed by atoms with E-state index in [1.54, 1.807) is 18.3 Å². The van der Waals surface area contributed by atoms with Crippen LogP contribution in [-0.4, -0.2) is 22.5 Å². The van der Waals surface area contributed by atoms with Crippen molar-refractivity contribution < 1.29 is 9.53 Å². The van der Waals surface area contributed by atoms with Crippen molar-refractivity contribution in [2.75, 3.05) is 6.61 Å². The summed E-state index contributed by atoms with van der Waals surface area (Å²) in [4.78, 5) is 30.2. The van der Waals surface area contributed by atoms with E-state index in [1.807, 2.05) is 0 Å². The molecule has 2 rings (SSSR count). The van der Waals surface area contributed by atoms with Gasteiger partial charge in [-0.15, -0.1) is 0 Å². The Kier molecular flexibility index (Phi) is 4.28. The Morgan fingerprint density at radius 3 is 3.05 bits per heavy atom. The summed E-state index contributed by atoms with van der Waals surface area (Å²) in [5.41, 5.74) is 0.0266. The van der Waals surface area contributed by atoms with Crippen LogP contribution in [0.4, 0.5) is 0 Å². The Labute approximate surface area is 110 Å². The number of carbonyl (C=O) groups excluding carboxylic acids is 1. The van der Waals surface area contributed by atoms with Crippen LogP contribution in [0.25, 0.3) is 11.0 Å². The van der Waals surface area contributed by atoms with Gasteiger partial charge in [-0.3, -0.25) is 4.79 Å². The van der Waals surface area contributed by atoms with Gasteiger partial charge < -0.3 is 9.72 Å². The van der Waals surface area contributed by atoms with E-state index in [0.29, 0.717) is 17.6 Å². The lowest BCUT2D eigenvalue weighted by molar-refractivity contribution is 0.0496. The van der Waals surface area contributed by atoms with Gasteiger partial charge in [0.15, 0.2) is 0 Å². The molecule has 0 spiro atoms. The molecule has 0 aliphatic rings. The molecule has 0 bridgehead atoms. The zero-order valence-corrected chi connectivity index (χ0v) is 10.8. The van der Waals surface area contributed by atoms with Gasteiger partial charge in [0.1, 0.15) is 11.2 Å². The second kappa shape index (κ2) is 6.13. The lowest BCUT2D eigenvalue weighted by Gasteiger charge is -2.04. The van der Waals surface area contributed by atoms with Crippen LogP contribution in [-0.2, 0) is 4.74 Å². The number of nitrogens with one attached hydrogen (secondary N) is 1. The lowest BCUT2D eigenvalue weighted by atomic mass is 10.2. The molecule has 0 atom stereocenters. The maximum Gasteiger partial charge on any atom is 0.343 e. The fraction of sp³-hybridized carbons (Fsp3) is 0.357. The number of unbranched alkanes of at least 4 members (excludes halogenated alkanes) is 2. The number of nitrogens with zero attached hydrogens (tertiary/aromatic N) is 1. The van der Waals surface area contributed by atoms with Crippen molar-refractivity contribution in [3.05, 3.63) is 40.3 Å². The van der Waals surface area contributed by atoms with Crippen LogP contribution in [0, 0.1) is 0 Å². The summed E-state index contributed by atoms with van der Waals surface area (Å²) in [5.74, 6) is -0.580. The van der Waals surface area contributed by atoms with Gasteiger partial charge in [0.2, 0.25) is 0 Å². The van der Waals surface area contributed by atoms with Crippen LogP contribution in [0.3, 0.4) is 0 Å². The number of H-pyrrole nitrogens is 1. The number of ether oxygens (including phenoxy) is 1. The number of rotatable bonds is 5. The summed E-state index contributed by atoms with van der Waals surface area (Å²) in [5, 5.41) is 0.711. The van der Waals surface area contributed by atoms with E-state index >= 15 is 0 Å². The highest BCUT2D eigenvalue weighted by Gasteiger charge is 2.13. The minimum Gasteiger partial charge on any atom is -0.462 e. The van der Waals surface area contributed by atoms with Gasteiger partial charge in [-0.25, -0.2) is 9.78 Å². The van der Waals surface area contributed by atoms with Gasteiger partial charge in [0, 0.05) is 11.6 Å². The monoisotopic (exact) mass is 260 g/mol. The molecular weight excluding hydrogens is 244 g/mol. The maximum atomic E-state index is 11.8. The summed E-state index contributed by atoms with van der Waals surface area (Å²) >= 11 is 0. The molecular formula is C14H16N2O3. The van der Waals surface area contributed by atoms with Gasteiger partial charge in [0.05, 0.1) is 6.61 Å². The molecule has 1 N–H and O–H groups in total. The number of aromatic amines is 1. The van der Waals surface area contributed by atoms with Crippen molar-refractivity contribution >= 4 is 17.0 Å². The average Bonchev–Trinajstić information content (AvgIpc) is 2.42. The number of fused-ring (bicyclic) bond motifs is 1. The van der Waals surface area contributed by atoms with E-state index in [4.69, 9.17) is 4.74 Å². The molecule has 0 aromatic carbocycles. The standard InChI is InChI=1S/C14H16N2O3/c1-2-3-4-8-19-14(18)11-9-10-6-5-7-15-12(10)16-13(11)17/h5-7,9H,2-4,8H2,1H3,(H,15,16,17). The van der Waals surface area contributed by atoms with E-state index in [1.165, 1.54) is 6.07 Å². The quantitative estimate of drug-likeness (QED) is 0.661. The van der Waals surface area contributed by atoms with Crippen molar-refractivity contribution in [2.24, 2.45) is 0 Å². The number of hydrogen-bond acceptors (Lipinski definition) is 4. The second-order valence-corrected chi connectivity index (χ2v) is 4.30. The number of aromatic nitrogens is 2. The molecule has 0 radical (unpaired) electrons. The third-order valence-electron chi connectivity index (χ3n) is 2.82. The lowest BCUT2D eigenvalue weighted by Crippen LogP contribution is -2.20. The van der Waals surface area contributed by atoms with Crippen LogP contribution in [0.5, 0.6) is 0 Å². The maximum absolute atomic E-state index is 11.8. The third kappa shape index (κ3) is 3.19. The van der Waals surface area contributed by atoms with Crippen molar-refractivity contribution in [3.8, 4) is 0 Å². The summed E-state index contributed by atoms with van der Waals surface area (Å²) in [6, 6.07) is 5.05. The second-order valence-electron chi connectivity index (χ2n) is 4.30. The van der Waals surface area contributed by atoms with Gasteiger partial charge in [-0.2, -0.15) is 0 Å². The largest absolute Gasteiger partial charge is 0.462 e. The zero-order chi connectivity index (χ0) is 13.7. The predicted octanol–water partition coefficient (Wildman–Crippen LogP) is 2.27. The van der Waals surface area contributed by atoms with Crippen LogP contribution >= 0.6 is 0 Å². The van der Waals surface area contributed by atoms with E-state index in [0.717, 1.165) is 19.3 Å². The van der Waals surface area contributed by atoms with Crippen LogP contribution in [0.2, 0.25) is 0 Å². The molecule has 0 aliphatic heterocycles. The molecule has 0 saturated carbocycles. The molecule has 0 amide bonds. The van der Waals surface area contributed by atoms with E-state index in [2.05, 4.69) is 16.9 Å². The normalized spacial score (nSPS) is 10.6. The van der Waals surface area contributed by atoms with Gasteiger partial charge >= 0.3 is 5.97 Å². The van der Waals surface area contributed by atoms with Gasteiger partial charge in [0.25, 0.3) is 5.56 Å². The van der Waals surface area contributed by atoms with Crippen molar-refractivity contribution in [2.45, 2.75) is 26.2 Å². The molecule has 5 nitrogen and oxygen atoms in total. The number of hydrogen-bond donors (Lipinski definition) is 1. The summed E-state index contributed by atoms with van der Waals surface area (Å²) in [6.07, 6.45) is 4.46. The summed E-state index contributed by atoms with van der Waals surface area (Å²) < 4.78 is 5.08. The minimum atomic E-state index is -0.580. The predicted molar refractivity (Wildman–Crippen MR) is 72.2 cm³/mol. The SMILES string of the molecule is CCCCCOC(=O)c1cc2cccnc2[nH]c1=O. The first kappa shape index (κ1) is 13.3. The highest BCUT2D eigenvalue weighted by Crippen LogP contribution is 2.08. The Morgan fingerprint density at radius 2 is 2.26 bits per heavy atom. The summed E-state index contributed by atoms with van der Waals surface area (Å²) in [6.45, 7) is 2.42. The Morgan fingerprint density at radius 1 is 1.42 bits per heavy atom. The van der Waals surface area contributed by atoms with Crippen molar-refractivity contribution in [3.63, 3.8) is 0 Å². The number of pyridine rings is 2. The molecule has 5 heteroatoms. The highest BCUT2D eigenvalue weighted by atomic mass is 16.5. The Balaban J connectivity index is 2.17. The minimum absolute atomic E-state index is 0.0250. The smallest absolute Gasteiger partial charge is 0.343 e. The number of esters is 1. The fourth-order valence-corrected chi connectivity index (χ4v) is 1.78. The van der Waals surface area contributed by atoms with Crippen molar-refractivity contribution in [1.82, 2.24) is 9.97 Å². The number of carbonyl (C=O) groups is 1. The molecule has 100 valence electrons. The topological polar surface area (TPSA) is 72.0 Å². The Hall–Kier alpha value is -2.17. The molecule has 2 aromatic rings. The highest BCUT2D eigenvalue weighted by molar-refractivity contribution is 5.92. The first-order valence-corrected chi connectivity index (χ1v) is 6.37. The molecule has 19 heavy (non-hydrogen) atoms. The molecule has 0 aliphatic carbocycles. The molecule has 0 unspecified atom stereocenters. The molecule has 0 fully saturated rings. The third-order valence-corrected chi connectivity index (χ3v) is 2.82. The fourth-order valence-electron chi connectivity index (χ4n) is 1.78. The first-order valence-electron chi connectivity index (χ1n) is 6.37.